The first-order valence-corrected chi connectivity index (χ1v) is 13.4. The second-order valence-electron chi connectivity index (χ2n) is 12.2. The normalized spacial score (nSPS) is 26.5. The number of carboxylic acid groups (broad SMARTS) is 1. The molecule has 3 atom stereocenters. The molecule has 2 fully saturated rings. The summed E-state index contributed by atoms with van der Waals surface area (Å²) in [6, 6.07) is 12.9. The summed E-state index contributed by atoms with van der Waals surface area (Å²) in [5.41, 5.74) is 5.08. The predicted octanol–water partition coefficient (Wildman–Crippen LogP) is 7.27. The second-order valence-corrected chi connectivity index (χ2v) is 12.2. The van der Waals surface area contributed by atoms with Crippen molar-refractivity contribution in [2.45, 2.75) is 90.6 Å². The van der Waals surface area contributed by atoms with Crippen LogP contribution in [0.25, 0.3) is 0 Å². The summed E-state index contributed by atoms with van der Waals surface area (Å²) in [5, 5.41) is 9.62. The molecule has 0 bridgehead atoms. The van der Waals surface area contributed by atoms with Crippen molar-refractivity contribution in [3.8, 4) is 11.5 Å². The van der Waals surface area contributed by atoms with Crippen molar-refractivity contribution in [3.63, 3.8) is 0 Å². The molecule has 35 heavy (non-hydrogen) atoms. The van der Waals surface area contributed by atoms with Gasteiger partial charge in [-0.15, -0.1) is 0 Å². The van der Waals surface area contributed by atoms with Crippen molar-refractivity contribution in [1.29, 1.82) is 0 Å². The first-order chi connectivity index (χ1) is 16.7. The third-order valence-electron chi connectivity index (χ3n) is 8.74. The Bertz CT molecular complexity index is 1100. The van der Waals surface area contributed by atoms with Crippen LogP contribution < -0.4 is 9.47 Å². The fourth-order valence-corrected chi connectivity index (χ4v) is 6.68. The van der Waals surface area contributed by atoms with E-state index in [2.05, 4.69) is 64.1 Å². The number of carbonyl (C=O) groups is 1. The average Bonchev–Trinajstić information content (AvgIpc) is 3.43. The van der Waals surface area contributed by atoms with Crippen molar-refractivity contribution in [2.75, 3.05) is 6.61 Å². The lowest BCUT2D eigenvalue weighted by Gasteiger charge is -2.29. The molecule has 1 spiro atoms. The van der Waals surface area contributed by atoms with Crippen molar-refractivity contribution < 1.29 is 19.4 Å². The van der Waals surface area contributed by atoms with E-state index in [0.717, 1.165) is 49.4 Å². The van der Waals surface area contributed by atoms with Gasteiger partial charge in [0.25, 0.3) is 0 Å². The third-order valence-corrected chi connectivity index (χ3v) is 8.74. The summed E-state index contributed by atoms with van der Waals surface area (Å²) >= 11 is 0. The van der Waals surface area contributed by atoms with Crippen LogP contribution in [0, 0.1) is 17.3 Å². The van der Waals surface area contributed by atoms with E-state index in [9.17, 15) is 9.90 Å². The maximum Gasteiger partial charge on any atom is 0.307 e. The zero-order valence-electron chi connectivity index (χ0n) is 21.7. The molecule has 0 saturated heterocycles. The van der Waals surface area contributed by atoms with Gasteiger partial charge >= 0.3 is 5.97 Å². The Hall–Kier alpha value is -2.49. The Morgan fingerprint density at radius 3 is 2.60 bits per heavy atom. The topological polar surface area (TPSA) is 55.8 Å². The summed E-state index contributed by atoms with van der Waals surface area (Å²) in [4.78, 5) is 11.7. The Labute approximate surface area is 210 Å². The number of hydrogen-bond donors (Lipinski definition) is 1. The van der Waals surface area contributed by atoms with Gasteiger partial charge in [0, 0.05) is 5.41 Å². The highest BCUT2D eigenvalue weighted by Gasteiger charge is 2.60. The van der Waals surface area contributed by atoms with Crippen molar-refractivity contribution in [2.24, 2.45) is 17.3 Å². The number of ether oxygens (including phenoxy) is 2. The number of aryl methyl sites for hydroxylation is 1. The maximum atomic E-state index is 11.7. The minimum atomic E-state index is -0.661. The summed E-state index contributed by atoms with van der Waals surface area (Å²) in [6.07, 6.45) is 7.54. The van der Waals surface area contributed by atoms with Crippen LogP contribution >= 0.6 is 0 Å². The first-order valence-electron chi connectivity index (χ1n) is 13.4. The van der Waals surface area contributed by atoms with E-state index in [4.69, 9.17) is 9.47 Å². The number of aliphatic carboxylic acids is 1. The molecule has 0 radical (unpaired) electrons. The standard InChI is InChI=1S/C31H40O4/c1-20(2)18-35-28-12-9-21(15-24(28)25-8-6-13-30(25,3)4)19-34-23-11-10-22-7-5-14-31(26(22)16-23)17-27(31)29(32)33/h9-12,15-16,20,25,27H,5-8,13-14,17-19H2,1-4H3,(H,32,33). The van der Waals surface area contributed by atoms with Gasteiger partial charge in [0.05, 0.1) is 12.5 Å². The van der Waals surface area contributed by atoms with Gasteiger partial charge < -0.3 is 14.6 Å². The average molecular weight is 477 g/mol. The Kier molecular flexibility index (Phi) is 6.35. The Morgan fingerprint density at radius 1 is 1.09 bits per heavy atom. The van der Waals surface area contributed by atoms with E-state index in [0.29, 0.717) is 18.4 Å². The molecule has 0 amide bonds. The molecule has 3 unspecified atom stereocenters. The number of fused-ring (bicyclic) bond motifs is 2. The highest BCUT2D eigenvalue weighted by molar-refractivity contribution is 5.78. The maximum absolute atomic E-state index is 11.7. The molecule has 188 valence electrons. The van der Waals surface area contributed by atoms with Gasteiger partial charge in [-0.1, -0.05) is 46.2 Å². The third kappa shape index (κ3) is 4.69. The minimum Gasteiger partial charge on any atom is -0.493 e. The van der Waals surface area contributed by atoms with Crippen LogP contribution in [-0.4, -0.2) is 17.7 Å². The van der Waals surface area contributed by atoms with Gasteiger partial charge in [-0.3, -0.25) is 4.79 Å². The summed E-state index contributed by atoms with van der Waals surface area (Å²) in [6.45, 7) is 10.4. The molecule has 4 heteroatoms. The zero-order chi connectivity index (χ0) is 24.8. The van der Waals surface area contributed by atoms with Crippen LogP contribution in [0.5, 0.6) is 11.5 Å². The molecular weight excluding hydrogens is 436 g/mol. The Balaban J connectivity index is 1.36. The van der Waals surface area contributed by atoms with Crippen LogP contribution in [0.4, 0.5) is 0 Å². The lowest BCUT2D eigenvalue weighted by atomic mass is 9.77. The number of benzene rings is 2. The first kappa shape index (κ1) is 24.2. The van der Waals surface area contributed by atoms with E-state index in [1.165, 1.54) is 36.0 Å². The lowest BCUT2D eigenvalue weighted by Crippen LogP contribution is -2.21. The molecule has 0 heterocycles. The van der Waals surface area contributed by atoms with E-state index < -0.39 is 5.97 Å². The van der Waals surface area contributed by atoms with Crippen LogP contribution in [0.1, 0.15) is 94.4 Å². The highest BCUT2D eigenvalue weighted by Crippen LogP contribution is 2.60. The van der Waals surface area contributed by atoms with Crippen LogP contribution in [0.15, 0.2) is 36.4 Å². The van der Waals surface area contributed by atoms with Crippen molar-refractivity contribution in [3.05, 3.63) is 58.7 Å². The fraction of sp³-hybridized carbons (Fsp3) is 0.581. The molecule has 5 rings (SSSR count). The number of rotatable bonds is 8. The zero-order valence-corrected chi connectivity index (χ0v) is 21.7. The van der Waals surface area contributed by atoms with Crippen LogP contribution in [-0.2, 0) is 23.2 Å². The van der Waals surface area contributed by atoms with Gasteiger partial charge in [0.15, 0.2) is 0 Å². The molecule has 2 saturated carbocycles. The number of carboxylic acids is 1. The van der Waals surface area contributed by atoms with Crippen molar-refractivity contribution in [1.82, 2.24) is 0 Å². The molecule has 2 aromatic rings. The number of hydrogen-bond acceptors (Lipinski definition) is 3. The lowest BCUT2D eigenvalue weighted by molar-refractivity contribution is -0.139. The molecule has 0 aliphatic heterocycles. The van der Waals surface area contributed by atoms with Gasteiger partial charge in [0.2, 0.25) is 0 Å². The highest BCUT2D eigenvalue weighted by atomic mass is 16.5. The van der Waals surface area contributed by atoms with Crippen LogP contribution in [0.2, 0.25) is 0 Å². The fourth-order valence-electron chi connectivity index (χ4n) is 6.68. The predicted molar refractivity (Wildman–Crippen MR) is 138 cm³/mol. The second kappa shape index (κ2) is 9.19. The molecule has 0 aromatic heterocycles. The largest absolute Gasteiger partial charge is 0.493 e. The van der Waals surface area contributed by atoms with Gasteiger partial charge in [-0.25, -0.2) is 0 Å². The van der Waals surface area contributed by atoms with Gasteiger partial charge in [0.1, 0.15) is 18.1 Å². The van der Waals surface area contributed by atoms with E-state index in [1.807, 2.05) is 0 Å². The monoisotopic (exact) mass is 476 g/mol. The summed E-state index contributed by atoms with van der Waals surface area (Å²) < 4.78 is 12.5. The summed E-state index contributed by atoms with van der Waals surface area (Å²) in [7, 11) is 0. The quantitative estimate of drug-likeness (QED) is 0.435. The molecule has 1 N–H and O–H groups in total. The van der Waals surface area contributed by atoms with Crippen molar-refractivity contribution >= 4 is 5.97 Å². The van der Waals surface area contributed by atoms with E-state index in [1.54, 1.807) is 0 Å². The van der Waals surface area contributed by atoms with Gasteiger partial charge in [-0.2, -0.15) is 0 Å². The summed E-state index contributed by atoms with van der Waals surface area (Å²) in [5.74, 6) is 1.94. The minimum absolute atomic E-state index is 0.171. The molecular formula is C31H40O4. The molecule has 3 aliphatic rings. The molecule has 2 aromatic carbocycles. The SMILES string of the molecule is CC(C)COc1ccc(COc2ccc3c(c2)C2(CCC3)CC2C(=O)O)cc1C1CCCC1(C)C. The van der Waals surface area contributed by atoms with Crippen LogP contribution in [0.3, 0.4) is 0 Å². The smallest absolute Gasteiger partial charge is 0.307 e. The molecule has 4 nitrogen and oxygen atoms in total. The molecule has 3 aliphatic carbocycles. The van der Waals surface area contributed by atoms with E-state index in [-0.39, 0.29) is 16.7 Å². The van der Waals surface area contributed by atoms with E-state index >= 15 is 0 Å². The Morgan fingerprint density at radius 2 is 1.91 bits per heavy atom. The van der Waals surface area contributed by atoms with Gasteiger partial charge in [-0.05, 0) is 102 Å².